The van der Waals surface area contributed by atoms with E-state index in [9.17, 15) is 4.79 Å². The molecule has 0 N–H and O–H groups in total. The second-order valence-electron chi connectivity index (χ2n) is 45.0. The minimum absolute atomic E-state index is 0. The molecule has 2 heteroatoms. The fourth-order valence-corrected chi connectivity index (χ4v) is 29.8. The van der Waals surface area contributed by atoms with Crippen LogP contribution in [0, 0.1) is 166 Å². The van der Waals surface area contributed by atoms with Gasteiger partial charge in [-0.3, -0.25) is 0 Å². The van der Waals surface area contributed by atoms with Crippen molar-refractivity contribution in [1.29, 1.82) is 0 Å². The van der Waals surface area contributed by atoms with E-state index in [0.29, 0.717) is 26.1 Å². The normalized spacial score (nSPS) is 21.9. The number of hydrogen-bond donors (Lipinski definition) is 0. The van der Waals surface area contributed by atoms with Crippen LogP contribution < -0.4 is 0 Å². The first kappa shape index (κ1) is 97.6. The van der Waals surface area contributed by atoms with Crippen LogP contribution in [0.15, 0.2) is 154 Å². The van der Waals surface area contributed by atoms with Gasteiger partial charge in [0, 0.05) is 71.0 Å². The zero-order valence-electron chi connectivity index (χ0n) is 87.1. The Labute approximate surface area is 832 Å². The van der Waals surface area contributed by atoms with Crippen LogP contribution in [-0.4, -0.2) is 5.78 Å². The predicted molar refractivity (Wildman–Crippen MR) is 572 cm³/mol. The largest absolute Gasteiger partial charge is 0.0558 e. The van der Waals surface area contributed by atoms with Crippen LogP contribution in [0.1, 0.15) is 482 Å². The van der Waals surface area contributed by atoms with Gasteiger partial charge in [-0.05, 0) is 510 Å². The van der Waals surface area contributed by atoms with Crippen LogP contribution in [0.25, 0.3) is 0 Å². The second-order valence-corrected chi connectivity index (χ2v) is 49.1. The first-order valence-electron chi connectivity index (χ1n) is 52.2. The fourth-order valence-electron chi connectivity index (χ4n) is 28.8. The maximum Gasteiger partial charge on any atom is 0.00948 e. The van der Waals surface area contributed by atoms with Crippen LogP contribution in [0.2, 0.25) is 0 Å². The zero-order valence-corrected chi connectivity index (χ0v) is 92.6. The maximum atomic E-state index is 10.6. The molecule has 0 amide bonds. The summed E-state index contributed by atoms with van der Waals surface area (Å²) in [6.45, 7) is 65.7. The molecule has 697 valence electrons. The van der Waals surface area contributed by atoms with Crippen LogP contribution >= 0.6 is 0 Å². The number of ketones is 1. The monoisotopic (exact) mass is 1970 g/mol. The molecule has 12 aromatic carbocycles. The molecule has 19 rings (SSSR count). The van der Waals surface area contributed by atoms with Crippen molar-refractivity contribution < 1.29 is 30.9 Å². The molecule has 0 radical (unpaired) electrons. The molecule has 1 nitrogen and oxygen atoms in total. The number of carbonyl (C=O) groups is 1. The van der Waals surface area contributed by atoms with Crippen molar-refractivity contribution in [2.75, 3.05) is 0 Å². The van der Waals surface area contributed by atoms with Crippen molar-refractivity contribution in [2.24, 2.45) is 0 Å². The molecule has 0 saturated heterocycles. The first-order chi connectivity index (χ1) is 63.9. The summed E-state index contributed by atoms with van der Waals surface area (Å²) in [6, 6.07) is 66.5. The summed E-state index contributed by atoms with van der Waals surface area (Å²) in [6.07, 6.45) is 19.1. The molecule has 7 aliphatic carbocycles. The second kappa shape index (κ2) is 39.0. The Morgan fingerprint density at radius 3 is 0.289 bits per heavy atom. The van der Waals surface area contributed by atoms with Gasteiger partial charge in [0.05, 0.1) is 0 Å². The topological polar surface area (TPSA) is 17.1 Å². The average molecular weight is 1970 g/mol. The Hall–Kier alpha value is -9.01. The Balaban J connectivity index is 0.00000135. The standard InChI is InChI=1S/C126H144.C6H9O.CH4.Hg/c1-67-43-68(2)104-55-103(67)91-31-25-32-93-105-56-107(71(5)44-69(105)3)96-37-28-38-99-112-59-110(74(8)47-76(112)10)98(120-63-119(93)83(17)51-84(120)18)39-29-40-101-113-60-114(78(12)48-77(113)11)102(126-66-125(99)89(23)54-90(126)24)42-30-41-100-111-58-109(73(7)46-75(111)9)97(123-65-124(101)88(22)53-87(123)21)36-27-35-94(116-61-115(91)79(13)49-80(116)14)106-57-108(72(6)45-70(106)4)95(121-64-122(100)86(20)52-85(121)19)34-26-33-92(104)117-62-118(96)82(16)50-81(117)15;1-4-5(2)6(3)7;;/h43-66,91-102H,25-42H2,1-24H3;1-3H3;1H4;/t91-,92?,93+,94+,95?,96?,97-,98-,99?,100?,101+,102?;;;. The van der Waals surface area contributed by atoms with Crippen LogP contribution in [0.3, 0.4) is 0 Å². The van der Waals surface area contributed by atoms with Crippen molar-refractivity contribution in [2.45, 2.75) is 381 Å². The van der Waals surface area contributed by atoms with Gasteiger partial charge in [0.2, 0.25) is 0 Å². The summed E-state index contributed by atoms with van der Waals surface area (Å²) in [5.74, 6) is 2.12. The molecule has 0 atom stereocenters. The van der Waals surface area contributed by atoms with E-state index in [1.54, 1.807) is 6.92 Å². The summed E-state index contributed by atoms with van der Waals surface area (Å²) in [7, 11) is 0. The van der Waals surface area contributed by atoms with Gasteiger partial charge in [0.1, 0.15) is 0 Å². The molecule has 7 aliphatic rings. The van der Waals surface area contributed by atoms with E-state index >= 15 is 0 Å². The molecule has 0 fully saturated rings. The van der Waals surface area contributed by atoms with Gasteiger partial charge in [-0.25, -0.2) is 0 Å². The Bertz CT molecular complexity index is 5430. The average Bonchev–Trinajstić information content (AvgIpc) is 0.752. The zero-order chi connectivity index (χ0) is 95.1. The quantitative estimate of drug-likeness (QED) is 0.118. The van der Waals surface area contributed by atoms with E-state index in [-0.39, 0.29) is 84.2 Å². The third-order valence-electron chi connectivity index (χ3n) is 35.9. The van der Waals surface area contributed by atoms with Gasteiger partial charge in [-0.1, -0.05) is 192 Å². The smallest absolute Gasteiger partial charge is 0.00948 e. The Kier molecular flexibility index (Phi) is 28.2. The molecular weight excluding hydrogens is 1810 g/mol. The van der Waals surface area contributed by atoms with Crippen molar-refractivity contribution in [3.05, 3.63) is 421 Å². The molecule has 0 unspecified atom stereocenters. The minimum Gasteiger partial charge on any atom is -0.0558 e. The number of rotatable bonds is 1. The molecule has 12 aromatic rings. The van der Waals surface area contributed by atoms with Gasteiger partial charge in [0.15, 0.2) is 0 Å². The maximum absolute atomic E-state index is 10.6. The predicted octanol–water partition coefficient (Wildman–Crippen LogP) is 36.1. The number of hydrogen-bond acceptors (Lipinski definition) is 1. The summed E-state index contributed by atoms with van der Waals surface area (Å²) in [4.78, 5) is 10.6. The van der Waals surface area contributed by atoms with Crippen LogP contribution in [0.4, 0.5) is 0 Å². The van der Waals surface area contributed by atoms with Crippen molar-refractivity contribution >= 4 is 5.78 Å². The summed E-state index contributed by atoms with van der Waals surface area (Å²) < 4.78 is 1.30. The molecule has 0 aromatic heterocycles. The van der Waals surface area contributed by atoms with Crippen molar-refractivity contribution in [1.82, 2.24) is 0 Å². The molecule has 0 spiro atoms. The van der Waals surface area contributed by atoms with Crippen molar-refractivity contribution in [3.8, 4) is 0 Å². The van der Waals surface area contributed by atoms with Gasteiger partial charge in [0.25, 0.3) is 0 Å². The third kappa shape index (κ3) is 18.1. The summed E-state index contributed by atoms with van der Waals surface area (Å²) >= 11 is 0.637. The van der Waals surface area contributed by atoms with E-state index in [4.69, 9.17) is 0 Å². The number of allylic oxidation sites excluding steroid dienone is 2. The van der Waals surface area contributed by atoms with Gasteiger partial charge in [-0.2, -0.15) is 0 Å². The number of carbonyl (C=O) groups excluding carboxylic acids is 1. The number of benzene rings is 12. The van der Waals surface area contributed by atoms with Crippen molar-refractivity contribution in [3.63, 3.8) is 0 Å². The van der Waals surface area contributed by atoms with Gasteiger partial charge >= 0.3 is 66.1 Å². The molecular formula is C133H157HgO. The molecule has 0 saturated carbocycles. The van der Waals surface area contributed by atoms with E-state index in [0.717, 1.165) is 121 Å². The molecule has 36 bridgehead atoms. The number of fused-ring (bicyclic) bond motifs is 24. The van der Waals surface area contributed by atoms with Crippen LogP contribution in [0.5, 0.6) is 0 Å². The van der Waals surface area contributed by atoms with Gasteiger partial charge in [-0.15, -0.1) is 0 Å². The summed E-state index contributed by atoms with van der Waals surface area (Å²) in [5, 5.41) is 0. The molecule has 0 aliphatic heterocycles. The molecule has 0 heterocycles. The third-order valence-corrected chi connectivity index (χ3v) is 38.0. The summed E-state index contributed by atoms with van der Waals surface area (Å²) in [5.41, 5.74) is 72.3. The van der Waals surface area contributed by atoms with E-state index < -0.39 is 0 Å². The molecule has 135 heavy (non-hydrogen) atoms. The number of Topliss-reactive ketones (excluding diaryl/α,β-unsaturated/α-hetero) is 1. The fraction of sp³-hybridized carbons (Fsp3) is 0.436. The SMILES string of the molecule is C.CC(=O)/C(C)=[C](/C)[Hg].Cc1cc(C)c2cc1C1CCCC3c4cc(c(C)cc4C)C4CCCC5c6cc(c(C)cc6C)C6CCCC2c2cc(c(C)cc2C)[C@H]2CCC[C@@H](c7cc1c(C)cc7C)c1cc(c(C)cc1C)[C@H](CCC[C@@H](c1cc4c(C)cc1C)c1cc(c(C)cc1C)[C@H](CCC[C@@H](c1cc6c(C)cc1C)c1cc2c(C)cc1C)c1cc5c(C)cc1C)c1cc3c(C)cc1C. The number of aryl methyl sites for hydroxylation is 24. The van der Waals surface area contributed by atoms with Crippen LogP contribution in [-0.2, 0) is 30.9 Å². The van der Waals surface area contributed by atoms with E-state index in [1.807, 2.05) is 13.8 Å². The van der Waals surface area contributed by atoms with Gasteiger partial charge < -0.3 is 0 Å². The van der Waals surface area contributed by atoms with E-state index in [2.05, 4.69) is 312 Å². The Morgan fingerprint density at radius 2 is 0.237 bits per heavy atom. The first-order valence-corrected chi connectivity index (χ1v) is 55.0. The minimum atomic E-state index is 0. The van der Waals surface area contributed by atoms with E-state index in [1.165, 1.54) is 270 Å². The Morgan fingerprint density at radius 1 is 0.163 bits per heavy atom.